The second kappa shape index (κ2) is 8.58. The fourth-order valence-corrected chi connectivity index (χ4v) is 2.23. The van der Waals surface area contributed by atoms with Gasteiger partial charge in [0.15, 0.2) is 0 Å². The topological polar surface area (TPSA) is 76.9 Å². The number of benzene rings is 1. The molecule has 0 spiro atoms. The highest BCUT2D eigenvalue weighted by molar-refractivity contribution is 5.69. The smallest absolute Gasteiger partial charge is 0.214 e. The van der Waals surface area contributed by atoms with Crippen LogP contribution in [0.3, 0.4) is 0 Å². The number of nitrogens with two attached hydrogens (primary N) is 2. The Morgan fingerprint density at radius 3 is 2.78 bits per heavy atom. The molecule has 0 unspecified atom stereocenters. The third kappa shape index (κ3) is 5.60. The van der Waals surface area contributed by atoms with Crippen LogP contribution in [0.5, 0.6) is 5.75 Å². The number of hydrazine groups is 1. The molecule has 5 nitrogen and oxygen atoms in total. The minimum absolute atomic E-state index is 0.607. The number of hydrogen-bond donors (Lipinski definition) is 2. The molecule has 23 heavy (non-hydrogen) atoms. The summed E-state index contributed by atoms with van der Waals surface area (Å²) in [4.78, 5) is 4.37. The molecule has 1 saturated carbocycles. The van der Waals surface area contributed by atoms with Gasteiger partial charge in [-0.15, -0.1) is 0 Å². The van der Waals surface area contributed by atoms with Crippen molar-refractivity contribution in [2.24, 2.45) is 16.8 Å². The lowest BCUT2D eigenvalue weighted by atomic mass is 10.2. The number of unbranched alkanes of at least 4 members (excludes halogenated alkanes) is 1. The molecule has 1 aliphatic carbocycles. The molecule has 0 bridgehead atoms. The Bertz CT molecular complexity index is 564. The molecular formula is C18H28N4O. The Morgan fingerprint density at radius 2 is 2.17 bits per heavy atom. The van der Waals surface area contributed by atoms with E-state index in [1.165, 1.54) is 12.8 Å². The van der Waals surface area contributed by atoms with E-state index in [1.807, 2.05) is 24.4 Å². The second-order valence-electron chi connectivity index (χ2n) is 5.97. The molecule has 1 aromatic carbocycles. The van der Waals surface area contributed by atoms with E-state index in [0.29, 0.717) is 23.2 Å². The molecule has 0 atom stereocenters. The highest BCUT2D eigenvalue weighted by Gasteiger charge is 2.24. The summed E-state index contributed by atoms with van der Waals surface area (Å²) in [5, 5.41) is 1.74. The zero-order valence-corrected chi connectivity index (χ0v) is 14.2. The molecule has 0 heterocycles. The van der Waals surface area contributed by atoms with E-state index in [1.54, 1.807) is 11.1 Å². The first kappa shape index (κ1) is 17.3. The molecule has 0 aliphatic heterocycles. The lowest BCUT2D eigenvalue weighted by Gasteiger charge is -2.20. The van der Waals surface area contributed by atoms with Gasteiger partial charge in [0.2, 0.25) is 5.88 Å². The molecule has 1 fully saturated rings. The molecule has 0 radical (unpaired) electrons. The summed E-state index contributed by atoms with van der Waals surface area (Å²) in [7, 11) is 0. The van der Waals surface area contributed by atoms with Gasteiger partial charge in [-0.25, -0.2) is 10.8 Å². The number of hydrogen-bond acceptors (Lipinski definition) is 5. The zero-order chi connectivity index (χ0) is 16.7. The van der Waals surface area contributed by atoms with Crippen molar-refractivity contribution in [3.05, 3.63) is 30.2 Å². The maximum Gasteiger partial charge on any atom is 0.214 e. The number of ether oxygens (including phenoxy) is 1. The van der Waals surface area contributed by atoms with Crippen molar-refractivity contribution in [2.45, 2.75) is 46.0 Å². The summed E-state index contributed by atoms with van der Waals surface area (Å²) < 4.78 is 5.83. The van der Waals surface area contributed by atoms with E-state index >= 15 is 0 Å². The first-order chi connectivity index (χ1) is 11.1. The van der Waals surface area contributed by atoms with Crippen molar-refractivity contribution in [3.63, 3.8) is 0 Å². The third-order valence-electron chi connectivity index (χ3n) is 3.70. The summed E-state index contributed by atoms with van der Waals surface area (Å²) in [6.45, 7) is 5.03. The third-order valence-corrected chi connectivity index (χ3v) is 3.70. The number of rotatable bonds is 9. The highest BCUT2D eigenvalue weighted by Crippen LogP contribution is 2.33. The minimum atomic E-state index is 0.607. The van der Waals surface area contributed by atoms with Crippen molar-refractivity contribution in [1.29, 1.82) is 0 Å². The summed E-state index contributed by atoms with van der Waals surface area (Å²) in [6, 6.07) is 5.60. The minimum Gasteiger partial charge on any atom is -0.439 e. The van der Waals surface area contributed by atoms with Crippen LogP contribution >= 0.6 is 0 Å². The van der Waals surface area contributed by atoms with Gasteiger partial charge in [0.1, 0.15) is 5.75 Å². The average Bonchev–Trinajstić information content (AvgIpc) is 3.31. The fourth-order valence-electron chi connectivity index (χ4n) is 2.23. The normalized spacial score (nSPS) is 15.2. The van der Waals surface area contributed by atoms with E-state index in [0.717, 1.165) is 31.5 Å². The van der Waals surface area contributed by atoms with Crippen molar-refractivity contribution in [2.75, 3.05) is 17.3 Å². The lowest BCUT2D eigenvalue weighted by molar-refractivity contribution is 0.419. The molecule has 126 valence electrons. The molecule has 0 saturated heterocycles. The number of nitrogen functional groups attached to an aromatic ring is 1. The van der Waals surface area contributed by atoms with Crippen molar-refractivity contribution < 1.29 is 4.74 Å². The standard InChI is InChI=1S/C18H28N4O/c1-3-5-11-21-18(6-4-2)23-15-9-10-17(16(19)12-15)22(20)13-14-7-8-14/h6,9-12,14H,3-5,7-8,13,19-20H2,1-2H3/b18-6+,21-11-. The maximum absolute atomic E-state index is 6.13. The Hall–Kier alpha value is -2.01. The van der Waals surface area contributed by atoms with E-state index < -0.39 is 0 Å². The highest BCUT2D eigenvalue weighted by atomic mass is 16.5. The molecular weight excluding hydrogens is 288 g/mol. The van der Waals surface area contributed by atoms with Crippen LogP contribution in [0.4, 0.5) is 11.4 Å². The molecule has 4 N–H and O–H groups in total. The van der Waals surface area contributed by atoms with E-state index in [-0.39, 0.29) is 0 Å². The first-order valence-electron chi connectivity index (χ1n) is 8.46. The van der Waals surface area contributed by atoms with Gasteiger partial charge in [0.25, 0.3) is 0 Å². The first-order valence-corrected chi connectivity index (χ1v) is 8.46. The van der Waals surface area contributed by atoms with E-state index in [9.17, 15) is 0 Å². The Labute approximate surface area is 139 Å². The van der Waals surface area contributed by atoms with Crippen LogP contribution in [-0.2, 0) is 0 Å². The Morgan fingerprint density at radius 1 is 1.39 bits per heavy atom. The van der Waals surface area contributed by atoms with E-state index in [2.05, 4.69) is 18.8 Å². The second-order valence-corrected chi connectivity index (χ2v) is 5.97. The lowest BCUT2D eigenvalue weighted by Crippen LogP contribution is -2.33. The SMILES string of the molecule is CC/C=C(\N=C/CCC)Oc1ccc(N(N)CC2CC2)c(N)c1. The van der Waals surface area contributed by atoms with Crippen LogP contribution in [0.2, 0.25) is 0 Å². The van der Waals surface area contributed by atoms with Gasteiger partial charge >= 0.3 is 0 Å². The van der Waals surface area contributed by atoms with Crippen molar-refractivity contribution in [3.8, 4) is 5.75 Å². The fraction of sp³-hybridized carbons (Fsp3) is 0.500. The zero-order valence-electron chi connectivity index (χ0n) is 14.2. The van der Waals surface area contributed by atoms with Gasteiger partial charge in [-0.1, -0.05) is 20.3 Å². The Kier molecular flexibility index (Phi) is 6.47. The van der Waals surface area contributed by atoms with Crippen LogP contribution in [0.15, 0.2) is 35.2 Å². The van der Waals surface area contributed by atoms with Crippen molar-refractivity contribution >= 4 is 17.6 Å². The van der Waals surface area contributed by atoms with Gasteiger partial charge in [-0.05, 0) is 49.8 Å². The maximum atomic E-state index is 6.13. The predicted octanol–water partition coefficient (Wildman–Crippen LogP) is 3.86. The molecule has 1 aliphatic rings. The predicted molar refractivity (Wildman–Crippen MR) is 97.5 cm³/mol. The number of nitrogens with zero attached hydrogens (tertiary/aromatic N) is 2. The summed E-state index contributed by atoms with van der Waals surface area (Å²) in [5.74, 6) is 8.09. The average molecular weight is 316 g/mol. The van der Waals surface area contributed by atoms with Gasteiger partial charge in [-0.2, -0.15) is 0 Å². The monoisotopic (exact) mass is 316 g/mol. The number of anilines is 2. The quantitative estimate of drug-likeness (QED) is 0.238. The molecule has 5 heteroatoms. The van der Waals surface area contributed by atoms with Crippen LogP contribution < -0.4 is 21.3 Å². The molecule has 0 amide bonds. The summed E-state index contributed by atoms with van der Waals surface area (Å²) in [5.41, 5.74) is 7.60. The molecule has 1 aromatic rings. The largest absolute Gasteiger partial charge is 0.439 e. The molecule has 2 rings (SSSR count). The van der Waals surface area contributed by atoms with Gasteiger partial charge in [0.05, 0.1) is 11.4 Å². The van der Waals surface area contributed by atoms with Gasteiger partial charge < -0.3 is 15.5 Å². The number of aliphatic imine (C=N–C) groups is 1. The van der Waals surface area contributed by atoms with Crippen LogP contribution in [0.25, 0.3) is 0 Å². The number of allylic oxidation sites excluding steroid dienone is 1. The summed E-state index contributed by atoms with van der Waals surface area (Å²) >= 11 is 0. The van der Waals surface area contributed by atoms with Crippen molar-refractivity contribution in [1.82, 2.24) is 0 Å². The van der Waals surface area contributed by atoms with Crippen LogP contribution in [0, 0.1) is 5.92 Å². The molecule has 0 aromatic heterocycles. The Balaban J connectivity index is 2.04. The van der Waals surface area contributed by atoms with Crippen LogP contribution in [0.1, 0.15) is 46.0 Å². The van der Waals surface area contributed by atoms with Gasteiger partial charge in [-0.3, -0.25) is 0 Å². The van der Waals surface area contributed by atoms with Crippen LogP contribution in [-0.4, -0.2) is 12.8 Å². The van der Waals surface area contributed by atoms with Gasteiger partial charge in [0, 0.05) is 18.8 Å². The van der Waals surface area contributed by atoms with E-state index in [4.69, 9.17) is 16.3 Å². The summed E-state index contributed by atoms with van der Waals surface area (Å²) in [6.07, 6.45) is 9.23.